The maximum absolute atomic E-state index is 11.4. The lowest BCUT2D eigenvalue weighted by molar-refractivity contribution is 0.159. The molecule has 1 amide bonds. The predicted octanol–water partition coefficient (Wildman–Crippen LogP) is 4.25. The summed E-state index contributed by atoms with van der Waals surface area (Å²) >= 11 is 5.93. The molecule has 3 rings (SSSR count). The van der Waals surface area contributed by atoms with Crippen molar-refractivity contribution in [3.05, 3.63) is 47.1 Å². The first-order valence-electron chi connectivity index (χ1n) is 6.81. The van der Waals surface area contributed by atoms with E-state index < -0.39 is 6.09 Å². The number of benzene rings is 1. The number of nitrogens with zero attached hydrogens (tertiary/aromatic N) is 2. The van der Waals surface area contributed by atoms with Crippen LogP contribution in [0.5, 0.6) is 0 Å². The van der Waals surface area contributed by atoms with Crippen molar-refractivity contribution in [3.8, 4) is 0 Å². The van der Waals surface area contributed by atoms with Gasteiger partial charge >= 0.3 is 6.09 Å². The Bertz CT molecular complexity index is 742. The molecule has 1 aliphatic rings. The summed E-state index contributed by atoms with van der Waals surface area (Å²) < 4.78 is 0. The summed E-state index contributed by atoms with van der Waals surface area (Å²) in [5.41, 5.74) is 2.41. The monoisotopic (exact) mass is 302 g/mol. The molecule has 0 saturated heterocycles. The lowest BCUT2D eigenvalue weighted by Gasteiger charge is -2.30. The van der Waals surface area contributed by atoms with Gasteiger partial charge in [-0.1, -0.05) is 36.7 Å². The molecule has 108 valence electrons. The number of aromatic nitrogens is 1. The van der Waals surface area contributed by atoms with Crippen LogP contribution < -0.4 is 0 Å². The van der Waals surface area contributed by atoms with E-state index in [0.29, 0.717) is 17.5 Å². The second-order valence-corrected chi connectivity index (χ2v) is 5.82. The molecule has 0 bridgehead atoms. The second kappa shape index (κ2) is 5.37. The Kier molecular flexibility index (Phi) is 3.55. The van der Waals surface area contributed by atoms with E-state index in [4.69, 9.17) is 11.6 Å². The summed E-state index contributed by atoms with van der Waals surface area (Å²) in [6.45, 7) is 2.57. The number of amides is 1. The molecule has 5 heteroatoms. The number of hydrogen-bond donors (Lipinski definition) is 1. The van der Waals surface area contributed by atoms with E-state index in [-0.39, 0.29) is 0 Å². The summed E-state index contributed by atoms with van der Waals surface area (Å²) in [7, 11) is 0. The Labute approximate surface area is 127 Å². The molecular weight excluding hydrogens is 288 g/mol. The Balaban J connectivity index is 2.06. The topological polar surface area (TPSA) is 53.4 Å². The maximum Gasteiger partial charge on any atom is 0.411 e. The van der Waals surface area contributed by atoms with Crippen LogP contribution in [0.15, 0.2) is 36.5 Å². The highest BCUT2D eigenvalue weighted by Gasteiger charge is 2.24. The van der Waals surface area contributed by atoms with Crippen LogP contribution in [0.25, 0.3) is 16.6 Å². The van der Waals surface area contributed by atoms with Crippen molar-refractivity contribution in [1.29, 1.82) is 0 Å². The van der Waals surface area contributed by atoms with Crippen LogP contribution in [0.4, 0.5) is 4.79 Å². The zero-order valence-electron chi connectivity index (χ0n) is 11.6. The van der Waals surface area contributed by atoms with Crippen LogP contribution in [-0.4, -0.2) is 27.6 Å². The number of carboxylic acid groups (broad SMARTS) is 1. The molecule has 0 spiro atoms. The molecule has 1 aromatic heterocycles. The van der Waals surface area contributed by atoms with Crippen LogP contribution in [0.1, 0.15) is 18.9 Å². The van der Waals surface area contributed by atoms with E-state index in [0.717, 1.165) is 28.6 Å². The fourth-order valence-electron chi connectivity index (χ4n) is 2.62. The number of hydrogen-bond acceptors (Lipinski definition) is 2. The molecule has 0 aliphatic carbocycles. The summed E-state index contributed by atoms with van der Waals surface area (Å²) in [4.78, 5) is 17.1. The molecule has 2 heterocycles. The smallest absolute Gasteiger partial charge is 0.411 e. The molecule has 1 aromatic carbocycles. The van der Waals surface area contributed by atoms with Gasteiger partial charge in [0.15, 0.2) is 0 Å². The van der Waals surface area contributed by atoms with Gasteiger partial charge in [0.25, 0.3) is 0 Å². The van der Waals surface area contributed by atoms with Crippen LogP contribution >= 0.6 is 11.6 Å². The van der Waals surface area contributed by atoms with E-state index in [9.17, 15) is 9.90 Å². The molecule has 0 radical (unpaired) electrons. The first kappa shape index (κ1) is 13.9. The molecule has 1 aliphatic heterocycles. The zero-order chi connectivity index (χ0) is 15.0. The third-order valence-electron chi connectivity index (χ3n) is 3.68. The van der Waals surface area contributed by atoms with Gasteiger partial charge in [0.05, 0.1) is 16.2 Å². The number of fused-ring (bicyclic) bond motifs is 1. The summed E-state index contributed by atoms with van der Waals surface area (Å²) in [5, 5.41) is 10.9. The van der Waals surface area contributed by atoms with Gasteiger partial charge in [0.2, 0.25) is 0 Å². The van der Waals surface area contributed by atoms with Crippen molar-refractivity contribution in [2.24, 2.45) is 5.92 Å². The van der Waals surface area contributed by atoms with Gasteiger partial charge < -0.3 is 5.11 Å². The van der Waals surface area contributed by atoms with Gasteiger partial charge in [-0.15, -0.1) is 0 Å². The second-order valence-electron chi connectivity index (χ2n) is 5.38. The van der Waals surface area contributed by atoms with Gasteiger partial charge in [-0.2, -0.15) is 0 Å². The van der Waals surface area contributed by atoms with Crippen molar-refractivity contribution < 1.29 is 9.90 Å². The third-order valence-corrected chi connectivity index (χ3v) is 3.88. The highest BCUT2D eigenvalue weighted by Crippen LogP contribution is 2.29. The van der Waals surface area contributed by atoms with Gasteiger partial charge in [-0.25, -0.2) is 4.79 Å². The molecule has 1 atom stereocenters. The lowest BCUT2D eigenvalue weighted by atomic mass is 9.98. The fraction of sp³-hybridized carbons (Fsp3) is 0.250. The van der Waals surface area contributed by atoms with E-state index in [1.54, 1.807) is 6.20 Å². The Morgan fingerprint density at radius 2 is 2.24 bits per heavy atom. The number of carbonyl (C=O) groups is 1. The van der Waals surface area contributed by atoms with Crippen molar-refractivity contribution >= 4 is 34.3 Å². The summed E-state index contributed by atoms with van der Waals surface area (Å²) in [5.74, 6) is 0.335. The largest absolute Gasteiger partial charge is 0.465 e. The first-order valence-corrected chi connectivity index (χ1v) is 7.18. The third kappa shape index (κ3) is 2.72. The minimum atomic E-state index is -0.919. The van der Waals surface area contributed by atoms with Crippen LogP contribution in [0.2, 0.25) is 5.02 Å². The summed E-state index contributed by atoms with van der Waals surface area (Å²) in [6, 6.07) is 7.59. The van der Waals surface area contributed by atoms with Crippen LogP contribution in [-0.2, 0) is 0 Å². The van der Waals surface area contributed by atoms with Crippen molar-refractivity contribution in [2.45, 2.75) is 13.3 Å². The molecule has 0 fully saturated rings. The van der Waals surface area contributed by atoms with Gasteiger partial charge in [-0.05, 0) is 24.5 Å². The molecule has 0 saturated carbocycles. The van der Waals surface area contributed by atoms with E-state index in [1.807, 2.05) is 37.3 Å². The van der Waals surface area contributed by atoms with Crippen molar-refractivity contribution in [1.82, 2.24) is 9.88 Å². The van der Waals surface area contributed by atoms with E-state index >= 15 is 0 Å². The molecule has 1 unspecified atom stereocenters. The molecular formula is C16H15ClN2O2. The molecule has 1 N–H and O–H groups in total. The van der Waals surface area contributed by atoms with E-state index in [1.165, 1.54) is 4.90 Å². The standard InChI is InChI=1S/C16H15ClN2O2/c1-10-2-5-15(19(9-10)16(20)21)12-4-3-11-6-13(17)8-18-14(11)7-12/h3-8,10H,2,9H2,1H3,(H,20,21). The van der Waals surface area contributed by atoms with E-state index in [2.05, 4.69) is 4.98 Å². The van der Waals surface area contributed by atoms with Crippen molar-refractivity contribution in [3.63, 3.8) is 0 Å². The summed E-state index contributed by atoms with van der Waals surface area (Å²) in [6.07, 6.45) is 3.54. The number of pyridine rings is 1. The highest BCUT2D eigenvalue weighted by molar-refractivity contribution is 6.31. The zero-order valence-corrected chi connectivity index (χ0v) is 12.3. The Hall–Kier alpha value is -2.07. The highest BCUT2D eigenvalue weighted by atomic mass is 35.5. The maximum atomic E-state index is 11.4. The van der Waals surface area contributed by atoms with Gasteiger partial charge in [-0.3, -0.25) is 9.88 Å². The first-order chi connectivity index (χ1) is 10.0. The normalized spacial score (nSPS) is 18.7. The number of allylic oxidation sites excluding steroid dienone is 1. The Morgan fingerprint density at radius 1 is 1.43 bits per heavy atom. The molecule has 21 heavy (non-hydrogen) atoms. The average Bonchev–Trinajstić information content (AvgIpc) is 2.46. The quantitative estimate of drug-likeness (QED) is 0.857. The fourth-order valence-corrected chi connectivity index (χ4v) is 2.78. The minimum absolute atomic E-state index is 0.335. The predicted molar refractivity (Wildman–Crippen MR) is 83.2 cm³/mol. The Morgan fingerprint density at radius 3 is 3.00 bits per heavy atom. The van der Waals surface area contributed by atoms with Gasteiger partial charge in [0, 0.05) is 23.7 Å². The van der Waals surface area contributed by atoms with Crippen molar-refractivity contribution in [2.75, 3.05) is 6.54 Å². The van der Waals surface area contributed by atoms with Gasteiger partial charge in [0.1, 0.15) is 0 Å². The SMILES string of the molecule is CC1CC=C(c2ccc3cc(Cl)cnc3c2)N(C(=O)O)C1. The molecule has 2 aromatic rings. The minimum Gasteiger partial charge on any atom is -0.465 e. The van der Waals surface area contributed by atoms with Crippen LogP contribution in [0.3, 0.4) is 0 Å². The lowest BCUT2D eigenvalue weighted by Crippen LogP contribution is -2.34. The average molecular weight is 303 g/mol. The number of rotatable bonds is 1. The number of halogens is 1. The molecule has 4 nitrogen and oxygen atoms in total. The van der Waals surface area contributed by atoms with Crippen LogP contribution in [0, 0.1) is 5.92 Å².